The maximum absolute atomic E-state index is 12.3. The number of β-lactam (4-membered cyclic amide) rings is 1. The van der Waals surface area contributed by atoms with Crippen molar-refractivity contribution in [1.82, 2.24) is 20.5 Å². The second-order valence-electron chi connectivity index (χ2n) is 7.62. The monoisotopic (exact) mass is 439 g/mol. The highest BCUT2D eigenvalue weighted by Gasteiger charge is 2.43. The summed E-state index contributed by atoms with van der Waals surface area (Å²) in [4.78, 5) is 65.0. The Morgan fingerprint density at radius 1 is 1.37 bits per heavy atom. The summed E-state index contributed by atoms with van der Waals surface area (Å²) in [7, 11) is 0. The SMILES string of the molecule is CC(C)(C)OC(=O)Nc1nc(C(=O)C(=O)N[C@@H]2C(=O)N[C@@H]2CN2CCOC2=O)cs1. The maximum atomic E-state index is 12.3. The standard InChI is InChI=1S/C17H21N5O7S/c1-17(2,3)29-15(26)21-14-19-9(7-30-14)11(23)13(25)20-10-8(18-12(10)24)6-22-4-5-28-16(22)27/h7-8,10H,4-6H2,1-3H3,(H,18,24)(H,20,25)(H,19,21,26)/t8-,10+/m1/s1. The number of hydrogen-bond donors (Lipinski definition) is 3. The molecule has 3 rings (SSSR count). The van der Waals surface area contributed by atoms with Crippen LogP contribution in [-0.2, 0) is 19.1 Å². The average Bonchev–Trinajstić information content (AvgIpc) is 3.26. The van der Waals surface area contributed by atoms with Gasteiger partial charge in [0.1, 0.15) is 23.9 Å². The van der Waals surface area contributed by atoms with Crippen LogP contribution in [0, 0.1) is 0 Å². The molecule has 2 aliphatic heterocycles. The fourth-order valence-corrected chi connectivity index (χ4v) is 3.41. The molecule has 1 aromatic heterocycles. The van der Waals surface area contributed by atoms with Crippen LogP contribution in [0.25, 0.3) is 0 Å². The molecule has 0 radical (unpaired) electrons. The van der Waals surface area contributed by atoms with E-state index in [1.807, 2.05) is 0 Å². The molecule has 3 heterocycles. The van der Waals surface area contributed by atoms with Gasteiger partial charge in [-0.05, 0) is 20.8 Å². The number of nitrogens with zero attached hydrogens (tertiary/aromatic N) is 2. The molecule has 0 unspecified atom stereocenters. The molecule has 30 heavy (non-hydrogen) atoms. The molecule has 3 N–H and O–H groups in total. The number of anilines is 1. The van der Waals surface area contributed by atoms with Crippen LogP contribution in [0.5, 0.6) is 0 Å². The Bertz CT molecular complexity index is 893. The van der Waals surface area contributed by atoms with E-state index in [0.717, 1.165) is 11.3 Å². The van der Waals surface area contributed by atoms with E-state index in [0.29, 0.717) is 6.54 Å². The van der Waals surface area contributed by atoms with E-state index in [4.69, 9.17) is 9.47 Å². The third kappa shape index (κ3) is 5.03. The van der Waals surface area contributed by atoms with Crippen LogP contribution in [-0.4, -0.2) is 77.0 Å². The van der Waals surface area contributed by atoms with Gasteiger partial charge < -0.3 is 25.0 Å². The predicted molar refractivity (Wildman–Crippen MR) is 103 cm³/mol. The Kier molecular flexibility index (Phi) is 5.92. The van der Waals surface area contributed by atoms with Crippen LogP contribution in [0.1, 0.15) is 31.3 Å². The molecule has 2 atom stereocenters. The topological polar surface area (TPSA) is 156 Å². The van der Waals surface area contributed by atoms with Gasteiger partial charge in [-0.15, -0.1) is 11.3 Å². The maximum Gasteiger partial charge on any atom is 0.413 e. The lowest BCUT2D eigenvalue weighted by Gasteiger charge is -2.38. The number of amides is 4. The normalized spacial score (nSPS) is 20.7. The van der Waals surface area contributed by atoms with Crippen LogP contribution < -0.4 is 16.0 Å². The van der Waals surface area contributed by atoms with E-state index in [1.54, 1.807) is 20.8 Å². The summed E-state index contributed by atoms with van der Waals surface area (Å²) < 4.78 is 9.91. The zero-order valence-electron chi connectivity index (χ0n) is 16.5. The molecule has 0 bridgehead atoms. The number of aromatic nitrogens is 1. The van der Waals surface area contributed by atoms with Gasteiger partial charge in [0.15, 0.2) is 5.13 Å². The van der Waals surface area contributed by atoms with Gasteiger partial charge >= 0.3 is 12.2 Å². The lowest BCUT2D eigenvalue weighted by molar-refractivity contribution is -0.135. The second kappa shape index (κ2) is 8.26. The van der Waals surface area contributed by atoms with Gasteiger partial charge in [-0.25, -0.2) is 14.6 Å². The molecule has 1 aromatic rings. The molecule has 2 aliphatic rings. The van der Waals surface area contributed by atoms with Crippen LogP contribution in [0.3, 0.4) is 0 Å². The number of cyclic esters (lactones) is 1. The van der Waals surface area contributed by atoms with E-state index in [2.05, 4.69) is 20.9 Å². The van der Waals surface area contributed by atoms with Crippen LogP contribution in [0.2, 0.25) is 0 Å². The highest BCUT2D eigenvalue weighted by Crippen LogP contribution is 2.18. The van der Waals surface area contributed by atoms with Crippen LogP contribution in [0.15, 0.2) is 5.38 Å². The summed E-state index contributed by atoms with van der Waals surface area (Å²) in [5.41, 5.74) is -0.881. The van der Waals surface area contributed by atoms with Crippen LogP contribution >= 0.6 is 11.3 Å². The van der Waals surface area contributed by atoms with Crippen molar-refractivity contribution < 1.29 is 33.4 Å². The molecule has 0 spiro atoms. The van der Waals surface area contributed by atoms with Gasteiger partial charge in [0.2, 0.25) is 5.91 Å². The number of Topliss-reactive ketones (excluding diaryl/α,β-unsaturated/α-hetero) is 1. The number of carbonyl (C=O) groups excluding carboxylic acids is 5. The van der Waals surface area contributed by atoms with Crippen molar-refractivity contribution in [2.24, 2.45) is 0 Å². The van der Waals surface area contributed by atoms with Crippen LogP contribution in [0.4, 0.5) is 14.7 Å². The Balaban J connectivity index is 1.54. The second-order valence-corrected chi connectivity index (χ2v) is 8.48. The third-order valence-corrected chi connectivity index (χ3v) is 4.87. The first-order chi connectivity index (χ1) is 14.0. The predicted octanol–water partition coefficient (Wildman–Crippen LogP) is 0.108. The van der Waals surface area contributed by atoms with Gasteiger partial charge in [-0.3, -0.25) is 19.7 Å². The van der Waals surface area contributed by atoms with E-state index >= 15 is 0 Å². The molecular weight excluding hydrogens is 418 g/mol. The number of hydrogen-bond acceptors (Lipinski definition) is 9. The van der Waals surface area contributed by atoms with Crippen molar-refractivity contribution in [3.8, 4) is 0 Å². The molecule has 12 nitrogen and oxygen atoms in total. The quantitative estimate of drug-likeness (QED) is 0.320. The number of ether oxygens (including phenoxy) is 2. The molecule has 13 heteroatoms. The molecule has 4 amide bonds. The lowest BCUT2D eigenvalue weighted by Crippen LogP contribution is -2.72. The Morgan fingerprint density at radius 3 is 2.70 bits per heavy atom. The van der Waals surface area contributed by atoms with Gasteiger partial charge in [0.25, 0.3) is 11.7 Å². The first-order valence-corrected chi connectivity index (χ1v) is 9.94. The van der Waals surface area contributed by atoms with Crippen molar-refractivity contribution in [2.75, 3.05) is 25.0 Å². The fraction of sp³-hybridized carbons (Fsp3) is 0.529. The summed E-state index contributed by atoms with van der Waals surface area (Å²) >= 11 is 0.950. The van der Waals surface area contributed by atoms with E-state index < -0.39 is 47.5 Å². The molecule has 0 saturated carbocycles. The van der Waals surface area contributed by atoms with Crippen molar-refractivity contribution in [3.63, 3.8) is 0 Å². The number of thiazole rings is 1. The third-order valence-electron chi connectivity index (χ3n) is 4.11. The largest absolute Gasteiger partial charge is 0.448 e. The first-order valence-electron chi connectivity index (χ1n) is 9.06. The number of ketones is 1. The van der Waals surface area contributed by atoms with Crippen molar-refractivity contribution in [3.05, 3.63) is 11.1 Å². The van der Waals surface area contributed by atoms with E-state index in [-0.39, 0.29) is 24.0 Å². The number of nitrogens with one attached hydrogen (secondary N) is 3. The highest BCUT2D eigenvalue weighted by molar-refractivity contribution is 7.14. The first kappa shape index (κ1) is 21.5. The van der Waals surface area contributed by atoms with Gasteiger partial charge in [0, 0.05) is 11.9 Å². The van der Waals surface area contributed by atoms with Gasteiger partial charge in [-0.2, -0.15) is 0 Å². The number of rotatable bonds is 6. The summed E-state index contributed by atoms with van der Waals surface area (Å²) in [6.45, 7) is 5.90. The Morgan fingerprint density at radius 2 is 2.10 bits per heavy atom. The molecular formula is C17H21N5O7S. The highest BCUT2D eigenvalue weighted by atomic mass is 32.1. The smallest absolute Gasteiger partial charge is 0.413 e. The summed E-state index contributed by atoms with van der Waals surface area (Å²) in [5, 5.41) is 8.72. The fourth-order valence-electron chi connectivity index (χ4n) is 2.74. The minimum atomic E-state index is -1.02. The average molecular weight is 439 g/mol. The summed E-state index contributed by atoms with van der Waals surface area (Å²) in [6, 6.07) is -1.48. The minimum Gasteiger partial charge on any atom is -0.448 e. The molecule has 0 aromatic carbocycles. The van der Waals surface area contributed by atoms with Crippen molar-refractivity contribution in [1.29, 1.82) is 0 Å². The summed E-state index contributed by atoms with van der Waals surface area (Å²) in [6.07, 6.45) is -1.24. The Hall–Kier alpha value is -3.22. The molecule has 0 aliphatic carbocycles. The number of carbonyl (C=O) groups is 5. The van der Waals surface area contributed by atoms with E-state index in [9.17, 15) is 24.0 Å². The van der Waals surface area contributed by atoms with Crippen molar-refractivity contribution in [2.45, 2.75) is 38.5 Å². The molecule has 162 valence electrons. The zero-order valence-corrected chi connectivity index (χ0v) is 17.3. The zero-order chi connectivity index (χ0) is 22.1. The minimum absolute atomic E-state index is 0.0900. The van der Waals surface area contributed by atoms with Gasteiger partial charge in [-0.1, -0.05) is 0 Å². The molecule has 2 saturated heterocycles. The molecule has 2 fully saturated rings. The lowest BCUT2D eigenvalue weighted by atomic mass is 9.98. The van der Waals surface area contributed by atoms with Gasteiger partial charge in [0.05, 0.1) is 12.6 Å². The van der Waals surface area contributed by atoms with E-state index in [1.165, 1.54) is 10.3 Å². The Labute approximate surface area is 175 Å². The summed E-state index contributed by atoms with van der Waals surface area (Å²) in [5.74, 6) is -2.43. The van der Waals surface area contributed by atoms with Crippen molar-refractivity contribution >= 4 is 46.3 Å².